The van der Waals surface area contributed by atoms with Gasteiger partial charge in [-0.1, -0.05) is 12.5 Å². The summed E-state index contributed by atoms with van der Waals surface area (Å²) in [7, 11) is -3.73. The lowest BCUT2D eigenvalue weighted by atomic mass is 10.0. The second kappa shape index (κ2) is 6.72. The molecule has 8 heteroatoms. The normalized spacial score (nSPS) is 20.0. The standard InChI is InChI=1S/C14H21N3O4S/c1-11-5-6-13(10-14(11)17(18)19)22(20,21)16-9-3-2-4-12(16)7-8-15/h5-6,10,12H,2-4,7-9,15H2,1H3. The number of aryl methyl sites for hydroxylation is 1. The van der Waals surface area contributed by atoms with Crippen LogP contribution in [0.15, 0.2) is 23.1 Å². The van der Waals surface area contributed by atoms with Crippen LogP contribution in [-0.4, -0.2) is 36.8 Å². The number of sulfonamides is 1. The number of nitro groups is 1. The molecule has 1 atom stereocenters. The van der Waals surface area contributed by atoms with E-state index in [1.54, 1.807) is 6.92 Å². The Kier molecular flexibility index (Phi) is 5.15. The highest BCUT2D eigenvalue weighted by Gasteiger charge is 2.33. The van der Waals surface area contributed by atoms with E-state index in [9.17, 15) is 18.5 Å². The Balaban J connectivity index is 2.40. The number of benzene rings is 1. The summed E-state index contributed by atoms with van der Waals surface area (Å²) in [6, 6.07) is 3.95. The van der Waals surface area contributed by atoms with E-state index in [-0.39, 0.29) is 16.6 Å². The van der Waals surface area contributed by atoms with E-state index in [0.717, 1.165) is 25.3 Å². The molecule has 1 aromatic carbocycles. The lowest BCUT2D eigenvalue weighted by Crippen LogP contribution is -2.44. The highest BCUT2D eigenvalue weighted by atomic mass is 32.2. The van der Waals surface area contributed by atoms with Gasteiger partial charge in [-0.3, -0.25) is 10.1 Å². The third-order valence-corrected chi connectivity index (χ3v) is 6.00. The van der Waals surface area contributed by atoms with Crippen molar-refractivity contribution in [2.75, 3.05) is 13.1 Å². The predicted molar refractivity (Wildman–Crippen MR) is 83.0 cm³/mol. The van der Waals surface area contributed by atoms with Crippen LogP contribution >= 0.6 is 0 Å². The van der Waals surface area contributed by atoms with Gasteiger partial charge in [-0.15, -0.1) is 0 Å². The van der Waals surface area contributed by atoms with Crippen LogP contribution in [0.1, 0.15) is 31.2 Å². The third kappa shape index (κ3) is 3.29. The lowest BCUT2D eigenvalue weighted by Gasteiger charge is -2.34. The van der Waals surface area contributed by atoms with Crippen LogP contribution < -0.4 is 5.73 Å². The number of rotatable bonds is 5. The average molecular weight is 327 g/mol. The Morgan fingerprint density at radius 2 is 2.14 bits per heavy atom. The molecular weight excluding hydrogens is 306 g/mol. The minimum atomic E-state index is -3.73. The molecule has 1 aliphatic heterocycles. The molecule has 22 heavy (non-hydrogen) atoms. The fraction of sp³-hybridized carbons (Fsp3) is 0.571. The van der Waals surface area contributed by atoms with E-state index in [0.29, 0.717) is 25.1 Å². The van der Waals surface area contributed by atoms with Crippen LogP contribution in [-0.2, 0) is 10.0 Å². The number of nitrogens with zero attached hydrogens (tertiary/aromatic N) is 2. The van der Waals surface area contributed by atoms with Crippen LogP contribution in [0.25, 0.3) is 0 Å². The van der Waals surface area contributed by atoms with Gasteiger partial charge in [-0.05, 0) is 38.8 Å². The number of nitrogens with two attached hydrogens (primary N) is 1. The summed E-state index contributed by atoms with van der Waals surface area (Å²) in [6.07, 6.45) is 3.16. The van der Waals surface area contributed by atoms with Gasteiger partial charge in [0, 0.05) is 24.2 Å². The van der Waals surface area contributed by atoms with Crippen molar-refractivity contribution >= 4 is 15.7 Å². The molecule has 7 nitrogen and oxygen atoms in total. The number of hydrogen-bond donors (Lipinski definition) is 1. The zero-order valence-corrected chi connectivity index (χ0v) is 13.4. The van der Waals surface area contributed by atoms with Crippen molar-refractivity contribution in [3.8, 4) is 0 Å². The second-order valence-electron chi connectivity index (χ2n) is 5.55. The Hall–Kier alpha value is -1.51. The van der Waals surface area contributed by atoms with E-state index in [1.807, 2.05) is 0 Å². The molecule has 1 fully saturated rings. The molecule has 0 bridgehead atoms. The summed E-state index contributed by atoms with van der Waals surface area (Å²) in [6.45, 7) is 2.45. The monoisotopic (exact) mass is 327 g/mol. The molecule has 0 aliphatic carbocycles. The van der Waals surface area contributed by atoms with Gasteiger partial charge in [-0.2, -0.15) is 4.31 Å². The molecule has 1 unspecified atom stereocenters. The van der Waals surface area contributed by atoms with Gasteiger partial charge in [0.15, 0.2) is 0 Å². The van der Waals surface area contributed by atoms with Crippen LogP contribution in [0, 0.1) is 17.0 Å². The van der Waals surface area contributed by atoms with Gasteiger partial charge in [0.25, 0.3) is 5.69 Å². The Morgan fingerprint density at radius 3 is 2.77 bits per heavy atom. The molecule has 1 aromatic rings. The van der Waals surface area contributed by atoms with Crippen LogP contribution in [0.4, 0.5) is 5.69 Å². The first-order valence-corrected chi connectivity index (χ1v) is 8.79. The van der Waals surface area contributed by atoms with Crippen molar-refractivity contribution in [2.24, 2.45) is 5.73 Å². The first-order chi connectivity index (χ1) is 10.4. The Bertz CT molecular complexity index is 658. The van der Waals surface area contributed by atoms with Crippen molar-refractivity contribution in [3.05, 3.63) is 33.9 Å². The van der Waals surface area contributed by atoms with Crippen molar-refractivity contribution in [2.45, 2.75) is 43.5 Å². The minimum absolute atomic E-state index is 0.0197. The summed E-state index contributed by atoms with van der Waals surface area (Å²) < 4.78 is 27.1. The van der Waals surface area contributed by atoms with E-state index in [1.165, 1.54) is 16.4 Å². The summed E-state index contributed by atoms with van der Waals surface area (Å²) in [5.41, 5.74) is 5.85. The van der Waals surface area contributed by atoms with Crippen LogP contribution in [0.2, 0.25) is 0 Å². The Labute approximate surface area is 130 Å². The van der Waals surface area contributed by atoms with Crippen molar-refractivity contribution in [3.63, 3.8) is 0 Å². The largest absolute Gasteiger partial charge is 0.330 e. The first kappa shape index (κ1) is 16.9. The fourth-order valence-corrected chi connectivity index (χ4v) is 4.60. The molecule has 0 amide bonds. The molecule has 1 aliphatic rings. The highest BCUT2D eigenvalue weighted by molar-refractivity contribution is 7.89. The van der Waals surface area contributed by atoms with E-state index in [4.69, 9.17) is 5.73 Å². The maximum atomic E-state index is 12.8. The third-order valence-electron chi connectivity index (χ3n) is 4.06. The quantitative estimate of drug-likeness (QED) is 0.655. The summed E-state index contributed by atoms with van der Waals surface area (Å²) in [4.78, 5) is 10.5. The number of hydrogen-bond acceptors (Lipinski definition) is 5. The van der Waals surface area contributed by atoms with Crippen molar-refractivity contribution < 1.29 is 13.3 Å². The van der Waals surface area contributed by atoms with Gasteiger partial charge in [0.1, 0.15) is 0 Å². The zero-order valence-electron chi connectivity index (χ0n) is 12.6. The molecule has 0 aromatic heterocycles. The highest BCUT2D eigenvalue weighted by Crippen LogP contribution is 2.29. The molecule has 0 spiro atoms. The molecular formula is C14H21N3O4S. The maximum absolute atomic E-state index is 12.8. The van der Waals surface area contributed by atoms with Crippen LogP contribution in [0.3, 0.4) is 0 Å². The van der Waals surface area contributed by atoms with E-state index in [2.05, 4.69) is 0 Å². The molecule has 2 rings (SSSR count). The molecule has 1 heterocycles. The predicted octanol–water partition coefficient (Wildman–Crippen LogP) is 1.80. The zero-order chi connectivity index (χ0) is 16.3. The number of piperidine rings is 1. The van der Waals surface area contributed by atoms with Gasteiger partial charge in [0.2, 0.25) is 10.0 Å². The van der Waals surface area contributed by atoms with Gasteiger partial charge < -0.3 is 5.73 Å². The smallest absolute Gasteiger partial charge is 0.273 e. The molecule has 0 radical (unpaired) electrons. The SMILES string of the molecule is Cc1ccc(S(=O)(=O)N2CCCCC2CCN)cc1[N+](=O)[O-]. The van der Waals surface area contributed by atoms with Crippen molar-refractivity contribution in [1.82, 2.24) is 4.31 Å². The average Bonchev–Trinajstić information content (AvgIpc) is 2.48. The fourth-order valence-electron chi connectivity index (χ4n) is 2.85. The topological polar surface area (TPSA) is 107 Å². The van der Waals surface area contributed by atoms with E-state index < -0.39 is 14.9 Å². The molecule has 1 saturated heterocycles. The second-order valence-corrected chi connectivity index (χ2v) is 7.44. The van der Waals surface area contributed by atoms with Gasteiger partial charge >= 0.3 is 0 Å². The van der Waals surface area contributed by atoms with Crippen molar-refractivity contribution in [1.29, 1.82) is 0 Å². The van der Waals surface area contributed by atoms with Gasteiger partial charge in [0.05, 0.1) is 9.82 Å². The molecule has 0 saturated carbocycles. The van der Waals surface area contributed by atoms with Crippen LogP contribution in [0.5, 0.6) is 0 Å². The molecule has 122 valence electrons. The molecule has 2 N–H and O–H groups in total. The summed E-state index contributed by atoms with van der Waals surface area (Å²) in [5.74, 6) is 0. The van der Waals surface area contributed by atoms with Gasteiger partial charge in [-0.25, -0.2) is 8.42 Å². The van der Waals surface area contributed by atoms with E-state index >= 15 is 0 Å². The summed E-state index contributed by atoms with van der Waals surface area (Å²) >= 11 is 0. The number of nitro benzene ring substituents is 1. The Morgan fingerprint density at radius 1 is 1.41 bits per heavy atom. The minimum Gasteiger partial charge on any atom is -0.330 e. The first-order valence-electron chi connectivity index (χ1n) is 7.35. The lowest BCUT2D eigenvalue weighted by molar-refractivity contribution is -0.385. The maximum Gasteiger partial charge on any atom is 0.273 e. The summed E-state index contributed by atoms with van der Waals surface area (Å²) in [5, 5.41) is 11.0.